The molecular weight excluding hydrogens is 174 g/mol. The summed E-state index contributed by atoms with van der Waals surface area (Å²) in [6.07, 6.45) is 1.21. The number of hydrogen-bond donors (Lipinski definition) is 0. The number of likely N-dealkylation sites (tertiary alicyclic amines) is 1. The summed E-state index contributed by atoms with van der Waals surface area (Å²) in [5, 5.41) is 8.60. The van der Waals surface area contributed by atoms with E-state index < -0.39 is 0 Å². The van der Waals surface area contributed by atoms with Crippen molar-refractivity contribution in [3.63, 3.8) is 0 Å². The van der Waals surface area contributed by atoms with Gasteiger partial charge < -0.3 is 4.90 Å². The zero-order valence-electron chi connectivity index (χ0n) is 9.53. The standard InChI is InChI=1S/C11H21N3/c1-10(2)8-14-6-4-11(9-14)13(3)7-5-12/h10-11H,4,6-9H2,1-3H3. The summed E-state index contributed by atoms with van der Waals surface area (Å²) in [5.74, 6) is 0.745. The van der Waals surface area contributed by atoms with Crippen molar-refractivity contribution in [2.24, 2.45) is 5.92 Å². The largest absolute Gasteiger partial charge is 0.301 e. The number of nitrogens with zero attached hydrogens (tertiary/aromatic N) is 3. The van der Waals surface area contributed by atoms with Crippen LogP contribution in [0.3, 0.4) is 0 Å². The highest BCUT2D eigenvalue weighted by molar-refractivity contribution is 4.86. The van der Waals surface area contributed by atoms with Crippen molar-refractivity contribution in [3.05, 3.63) is 0 Å². The van der Waals surface area contributed by atoms with Gasteiger partial charge in [0.15, 0.2) is 0 Å². The lowest BCUT2D eigenvalue weighted by Gasteiger charge is -2.22. The molecule has 0 aromatic heterocycles. The number of rotatable bonds is 4. The molecule has 0 amide bonds. The molecule has 1 rings (SSSR count). The molecule has 0 saturated carbocycles. The van der Waals surface area contributed by atoms with E-state index in [1.165, 1.54) is 19.5 Å². The molecule has 0 bridgehead atoms. The second-order valence-corrected chi connectivity index (χ2v) is 4.67. The molecule has 80 valence electrons. The number of nitriles is 1. The van der Waals surface area contributed by atoms with E-state index in [1.54, 1.807) is 0 Å². The van der Waals surface area contributed by atoms with Crippen LogP contribution in [0.2, 0.25) is 0 Å². The van der Waals surface area contributed by atoms with Crippen molar-refractivity contribution in [1.29, 1.82) is 5.26 Å². The lowest BCUT2D eigenvalue weighted by Crippen LogP contribution is -2.35. The van der Waals surface area contributed by atoms with Gasteiger partial charge in [0.2, 0.25) is 0 Å². The molecule has 1 aliphatic heterocycles. The molecule has 1 saturated heterocycles. The van der Waals surface area contributed by atoms with Crippen LogP contribution in [-0.2, 0) is 0 Å². The van der Waals surface area contributed by atoms with Crippen LogP contribution in [0.1, 0.15) is 20.3 Å². The normalized spacial score (nSPS) is 23.3. The van der Waals surface area contributed by atoms with Crippen LogP contribution < -0.4 is 0 Å². The van der Waals surface area contributed by atoms with Gasteiger partial charge in [-0.2, -0.15) is 5.26 Å². The van der Waals surface area contributed by atoms with E-state index in [9.17, 15) is 0 Å². The first-order chi connectivity index (χ1) is 6.63. The first kappa shape index (κ1) is 11.5. The lowest BCUT2D eigenvalue weighted by molar-refractivity contribution is 0.240. The van der Waals surface area contributed by atoms with E-state index in [0.717, 1.165) is 12.5 Å². The van der Waals surface area contributed by atoms with Gasteiger partial charge in [-0.05, 0) is 25.9 Å². The van der Waals surface area contributed by atoms with Crippen LogP contribution in [0.5, 0.6) is 0 Å². The Morgan fingerprint density at radius 1 is 1.57 bits per heavy atom. The molecule has 1 heterocycles. The van der Waals surface area contributed by atoms with Crippen LogP contribution in [0.15, 0.2) is 0 Å². The van der Waals surface area contributed by atoms with Gasteiger partial charge >= 0.3 is 0 Å². The molecule has 0 N–H and O–H groups in total. The quantitative estimate of drug-likeness (QED) is 0.631. The second-order valence-electron chi connectivity index (χ2n) is 4.67. The Kier molecular flexibility index (Phi) is 4.37. The molecule has 1 atom stereocenters. The van der Waals surface area contributed by atoms with Crippen molar-refractivity contribution >= 4 is 0 Å². The molecule has 1 fully saturated rings. The van der Waals surface area contributed by atoms with Gasteiger partial charge in [0, 0.05) is 19.1 Å². The van der Waals surface area contributed by atoms with Crippen LogP contribution in [0.25, 0.3) is 0 Å². The Labute approximate surface area is 87.3 Å². The zero-order valence-corrected chi connectivity index (χ0v) is 9.53. The third kappa shape index (κ3) is 3.28. The fraction of sp³-hybridized carbons (Fsp3) is 0.909. The third-order valence-electron chi connectivity index (χ3n) is 2.81. The van der Waals surface area contributed by atoms with Crippen LogP contribution >= 0.6 is 0 Å². The highest BCUT2D eigenvalue weighted by Gasteiger charge is 2.25. The van der Waals surface area contributed by atoms with Crippen molar-refractivity contribution in [1.82, 2.24) is 9.80 Å². The van der Waals surface area contributed by atoms with E-state index in [1.807, 2.05) is 7.05 Å². The molecule has 14 heavy (non-hydrogen) atoms. The van der Waals surface area contributed by atoms with Gasteiger partial charge in [-0.15, -0.1) is 0 Å². The molecule has 3 nitrogen and oxygen atoms in total. The second kappa shape index (κ2) is 5.33. The van der Waals surface area contributed by atoms with Gasteiger partial charge in [-0.1, -0.05) is 13.8 Å². The molecule has 3 heteroatoms. The average molecular weight is 195 g/mol. The van der Waals surface area contributed by atoms with Crippen molar-refractivity contribution in [3.8, 4) is 6.07 Å². The summed E-state index contributed by atoms with van der Waals surface area (Å²) in [6, 6.07) is 2.80. The topological polar surface area (TPSA) is 30.3 Å². The maximum Gasteiger partial charge on any atom is 0.0866 e. The highest BCUT2D eigenvalue weighted by Crippen LogP contribution is 2.15. The molecule has 1 unspecified atom stereocenters. The summed E-state index contributed by atoms with van der Waals surface area (Å²) in [5.41, 5.74) is 0. The summed E-state index contributed by atoms with van der Waals surface area (Å²) >= 11 is 0. The van der Waals surface area contributed by atoms with Gasteiger partial charge in [-0.3, -0.25) is 4.90 Å². The molecule has 0 aliphatic carbocycles. The summed E-state index contributed by atoms with van der Waals surface area (Å²) < 4.78 is 0. The van der Waals surface area contributed by atoms with Gasteiger partial charge in [-0.25, -0.2) is 0 Å². The first-order valence-corrected chi connectivity index (χ1v) is 5.43. The monoisotopic (exact) mass is 195 g/mol. The van der Waals surface area contributed by atoms with Crippen LogP contribution in [-0.4, -0.2) is 49.1 Å². The minimum atomic E-state index is 0.556. The first-order valence-electron chi connectivity index (χ1n) is 5.43. The SMILES string of the molecule is CC(C)CN1CCC(N(C)CC#N)C1. The van der Waals surface area contributed by atoms with E-state index in [0.29, 0.717) is 12.6 Å². The van der Waals surface area contributed by atoms with Crippen molar-refractivity contribution < 1.29 is 0 Å². The Balaban J connectivity index is 2.30. The Bertz CT molecular complexity index is 207. The van der Waals surface area contributed by atoms with Crippen LogP contribution in [0, 0.1) is 17.2 Å². The van der Waals surface area contributed by atoms with E-state index in [2.05, 4.69) is 29.7 Å². The molecule has 1 aliphatic rings. The smallest absolute Gasteiger partial charge is 0.0866 e. The lowest BCUT2D eigenvalue weighted by atomic mass is 10.2. The van der Waals surface area contributed by atoms with Crippen molar-refractivity contribution in [2.45, 2.75) is 26.3 Å². The third-order valence-corrected chi connectivity index (χ3v) is 2.81. The summed E-state index contributed by atoms with van der Waals surface area (Å²) in [6.45, 7) is 8.59. The maximum absolute atomic E-state index is 8.60. The molecule has 0 aromatic carbocycles. The van der Waals surface area contributed by atoms with Gasteiger partial charge in [0.1, 0.15) is 0 Å². The van der Waals surface area contributed by atoms with Gasteiger partial charge in [0.05, 0.1) is 12.6 Å². The predicted octanol–water partition coefficient (Wildman–Crippen LogP) is 1.17. The molecular formula is C11H21N3. The highest BCUT2D eigenvalue weighted by atomic mass is 15.2. The van der Waals surface area contributed by atoms with Crippen LogP contribution in [0.4, 0.5) is 0 Å². The van der Waals surface area contributed by atoms with E-state index in [-0.39, 0.29) is 0 Å². The Morgan fingerprint density at radius 3 is 2.86 bits per heavy atom. The Hall–Kier alpha value is -0.590. The average Bonchev–Trinajstić information content (AvgIpc) is 2.52. The van der Waals surface area contributed by atoms with E-state index >= 15 is 0 Å². The fourth-order valence-corrected chi connectivity index (χ4v) is 2.09. The fourth-order valence-electron chi connectivity index (χ4n) is 2.09. The predicted molar refractivity (Wildman–Crippen MR) is 57.9 cm³/mol. The molecule has 0 radical (unpaired) electrons. The van der Waals surface area contributed by atoms with E-state index in [4.69, 9.17) is 5.26 Å². The van der Waals surface area contributed by atoms with Gasteiger partial charge in [0.25, 0.3) is 0 Å². The molecule has 0 spiro atoms. The Morgan fingerprint density at radius 2 is 2.29 bits per heavy atom. The maximum atomic E-state index is 8.60. The number of likely N-dealkylation sites (N-methyl/N-ethyl adjacent to an activating group) is 1. The zero-order chi connectivity index (χ0) is 10.6. The summed E-state index contributed by atoms with van der Waals surface area (Å²) in [4.78, 5) is 4.67. The minimum Gasteiger partial charge on any atom is -0.301 e. The number of hydrogen-bond acceptors (Lipinski definition) is 3. The summed E-state index contributed by atoms with van der Waals surface area (Å²) in [7, 11) is 2.05. The van der Waals surface area contributed by atoms with Crippen molar-refractivity contribution in [2.75, 3.05) is 33.2 Å². The minimum absolute atomic E-state index is 0.556. The molecule has 0 aromatic rings.